The standard InChI is InChI=1S/C24H40O3.C2H4O2/c1-3-5-17-6-8-18(9-7-17)19-10-12-20(13-11-19)21-14-15-22(23(25)16-21)24(26)27-4-2;1-2(3)4/h17-21,25H,3-16H2,1-2H3;1H3,(H,3,4). The van der Waals surface area contributed by atoms with Crippen LogP contribution in [-0.2, 0) is 14.3 Å². The Kier molecular flexibility index (Phi) is 10.9. The van der Waals surface area contributed by atoms with Gasteiger partial charge < -0.3 is 14.9 Å². The molecular weight excluding hydrogens is 392 g/mol. The summed E-state index contributed by atoms with van der Waals surface area (Å²) in [5.74, 6) is 3.40. The molecule has 0 aromatic heterocycles. The number of ether oxygens (including phenoxy) is 1. The zero-order chi connectivity index (χ0) is 22.8. The minimum Gasteiger partial charge on any atom is -0.512 e. The Labute approximate surface area is 188 Å². The Hall–Kier alpha value is -1.52. The highest BCUT2D eigenvalue weighted by Gasteiger charge is 2.35. The molecule has 0 aromatic rings. The maximum absolute atomic E-state index is 11.9. The number of aliphatic hydroxyl groups excluding tert-OH is 1. The van der Waals surface area contributed by atoms with Crippen molar-refractivity contribution < 1.29 is 24.5 Å². The van der Waals surface area contributed by atoms with Crippen LogP contribution in [0.15, 0.2) is 11.3 Å². The van der Waals surface area contributed by atoms with E-state index in [-0.39, 0.29) is 5.97 Å². The molecule has 5 heteroatoms. The molecule has 0 radical (unpaired) electrons. The highest BCUT2D eigenvalue weighted by Crippen LogP contribution is 2.46. The number of hydrogen-bond donors (Lipinski definition) is 2. The third kappa shape index (κ3) is 8.16. The molecule has 0 aromatic carbocycles. The molecule has 31 heavy (non-hydrogen) atoms. The van der Waals surface area contributed by atoms with Crippen LogP contribution in [0.1, 0.15) is 104 Å². The summed E-state index contributed by atoms with van der Waals surface area (Å²) in [6.07, 6.45) is 16.5. The highest BCUT2D eigenvalue weighted by atomic mass is 16.5. The van der Waals surface area contributed by atoms with Gasteiger partial charge in [0.15, 0.2) is 0 Å². The van der Waals surface area contributed by atoms with Gasteiger partial charge in [0.05, 0.1) is 12.2 Å². The van der Waals surface area contributed by atoms with Crippen LogP contribution in [0.4, 0.5) is 0 Å². The van der Waals surface area contributed by atoms with E-state index in [0.29, 0.717) is 36.7 Å². The molecule has 178 valence electrons. The fourth-order valence-electron chi connectivity index (χ4n) is 6.23. The van der Waals surface area contributed by atoms with E-state index in [1.165, 1.54) is 64.2 Å². The number of hydrogen-bond acceptors (Lipinski definition) is 4. The van der Waals surface area contributed by atoms with Crippen LogP contribution in [0.5, 0.6) is 0 Å². The third-order valence-corrected chi connectivity index (χ3v) is 7.83. The predicted molar refractivity (Wildman–Crippen MR) is 123 cm³/mol. The number of rotatable bonds is 6. The Balaban J connectivity index is 0.000000785. The molecule has 0 bridgehead atoms. The van der Waals surface area contributed by atoms with Gasteiger partial charge in [0.1, 0.15) is 5.76 Å². The summed E-state index contributed by atoms with van der Waals surface area (Å²) in [5, 5.41) is 17.8. The molecule has 3 aliphatic rings. The third-order valence-electron chi connectivity index (χ3n) is 7.83. The second-order valence-electron chi connectivity index (χ2n) is 9.91. The lowest BCUT2D eigenvalue weighted by Gasteiger charge is -2.40. The second-order valence-corrected chi connectivity index (χ2v) is 9.91. The summed E-state index contributed by atoms with van der Waals surface area (Å²) < 4.78 is 5.08. The van der Waals surface area contributed by atoms with Crippen molar-refractivity contribution in [3.05, 3.63) is 11.3 Å². The van der Waals surface area contributed by atoms with E-state index in [0.717, 1.165) is 37.0 Å². The SMILES string of the molecule is CC(=O)O.CCCC1CCC(C2CCC(C3CCC(C(=O)OCC)=C(O)C3)CC2)CC1. The summed E-state index contributed by atoms with van der Waals surface area (Å²) in [7, 11) is 0. The topological polar surface area (TPSA) is 83.8 Å². The lowest BCUT2D eigenvalue weighted by Crippen LogP contribution is -2.30. The molecule has 2 fully saturated rings. The van der Waals surface area contributed by atoms with Gasteiger partial charge in [-0.3, -0.25) is 4.79 Å². The fourth-order valence-corrected chi connectivity index (χ4v) is 6.23. The number of carboxylic acid groups (broad SMARTS) is 1. The van der Waals surface area contributed by atoms with Gasteiger partial charge in [-0.15, -0.1) is 0 Å². The van der Waals surface area contributed by atoms with E-state index in [2.05, 4.69) is 6.92 Å². The van der Waals surface area contributed by atoms with Gasteiger partial charge in [0.2, 0.25) is 0 Å². The monoisotopic (exact) mass is 436 g/mol. The minimum atomic E-state index is -0.833. The number of aliphatic hydroxyl groups is 1. The van der Waals surface area contributed by atoms with Gasteiger partial charge in [-0.2, -0.15) is 0 Å². The van der Waals surface area contributed by atoms with Crippen molar-refractivity contribution in [3.63, 3.8) is 0 Å². The smallest absolute Gasteiger partial charge is 0.337 e. The Morgan fingerprint density at radius 1 is 0.871 bits per heavy atom. The van der Waals surface area contributed by atoms with Crippen LogP contribution < -0.4 is 0 Å². The Morgan fingerprint density at radius 2 is 1.35 bits per heavy atom. The van der Waals surface area contributed by atoms with E-state index in [9.17, 15) is 9.90 Å². The molecule has 0 heterocycles. The van der Waals surface area contributed by atoms with Crippen LogP contribution >= 0.6 is 0 Å². The van der Waals surface area contributed by atoms with Crippen molar-refractivity contribution >= 4 is 11.9 Å². The van der Waals surface area contributed by atoms with Crippen molar-refractivity contribution in [1.29, 1.82) is 0 Å². The van der Waals surface area contributed by atoms with Gasteiger partial charge >= 0.3 is 5.97 Å². The molecule has 1 atom stereocenters. The summed E-state index contributed by atoms with van der Waals surface area (Å²) in [6.45, 7) is 5.60. The van der Waals surface area contributed by atoms with Crippen LogP contribution in [0.25, 0.3) is 0 Å². The first kappa shape index (κ1) is 25.7. The summed E-state index contributed by atoms with van der Waals surface area (Å²) in [5.41, 5.74) is 0.533. The fraction of sp³-hybridized carbons (Fsp3) is 0.846. The molecule has 0 amide bonds. The normalized spacial score (nSPS) is 31.4. The molecule has 0 aliphatic heterocycles. The summed E-state index contributed by atoms with van der Waals surface area (Å²) in [4.78, 5) is 20.9. The second kappa shape index (κ2) is 13.1. The molecule has 3 aliphatic carbocycles. The van der Waals surface area contributed by atoms with Crippen molar-refractivity contribution in [2.24, 2.45) is 29.6 Å². The van der Waals surface area contributed by atoms with Crippen LogP contribution in [0.3, 0.4) is 0 Å². The van der Waals surface area contributed by atoms with Gasteiger partial charge in [-0.25, -0.2) is 4.79 Å². The quantitative estimate of drug-likeness (QED) is 0.454. The molecular formula is C26H44O5. The lowest BCUT2D eigenvalue weighted by molar-refractivity contribution is -0.139. The maximum Gasteiger partial charge on any atom is 0.337 e. The number of allylic oxidation sites excluding steroid dienone is 1. The largest absolute Gasteiger partial charge is 0.512 e. The predicted octanol–water partition coefficient (Wildman–Crippen LogP) is 6.67. The zero-order valence-electron chi connectivity index (χ0n) is 19.9. The van der Waals surface area contributed by atoms with E-state index in [1.54, 1.807) is 0 Å². The number of carbonyl (C=O) groups excluding carboxylic acids is 1. The number of aliphatic carboxylic acids is 1. The first-order chi connectivity index (χ1) is 14.8. The average molecular weight is 437 g/mol. The highest BCUT2D eigenvalue weighted by molar-refractivity contribution is 5.89. The number of esters is 1. The van der Waals surface area contributed by atoms with Crippen LogP contribution in [0.2, 0.25) is 0 Å². The molecule has 5 nitrogen and oxygen atoms in total. The Bertz CT molecular complexity index is 591. The maximum atomic E-state index is 11.9. The average Bonchev–Trinajstić information content (AvgIpc) is 2.74. The van der Waals surface area contributed by atoms with Crippen LogP contribution in [-0.4, -0.2) is 28.8 Å². The molecule has 2 N–H and O–H groups in total. The molecule has 0 saturated heterocycles. The van der Waals surface area contributed by atoms with Crippen molar-refractivity contribution in [1.82, 2.24) is 0 Å². The van der Waals surface area contributed by atoms with Gasteiger partial charge in [-0.05, 0) is 87.9 Å². The summed E-state index contributed by atoms with van der Waals surface area (Å²) in [6, 6.07) is 0. The Morgan fingerprint density at radius 3 is 1.81 bits per heavy atom. The van der Waals surface area contributed by atoms with E-state index in [4.69, 9.17) is 14.6 Å². The summed E-state index contributed by atoms with van der Waals surface area (Å²) >= 11 is 0. The molecule has 0 spiro atoms. The number of carboxylic acids is 1. The molecule has 2 saturated carbocycles. The van der Waals surface area contributed by atoms with E-state index in [1.807, 2.05) is 6.92 Å². The van der Waals surface area contributed by atoms with Gasteiger partial charge in [-0.1, -0.05) is 32.6 Å². The van der Waals surface area contributed by atoms with Crippen molar-refractivity contribution in [2.45, 2.75) is 104 Å². The molecule has 1 unspecified atom stereocenters. The van der Waals surface area contributed by atoms with Crippen molar-refractivity contribution in [2.75, 3.05) is 6.61 Å². The van der Waals surface area contributed by atoms with E-state index < -0.39 is 5.97 Å². The first-order valence-corrected chi connectivity index (χ1v) is 12.6. The van der Waals surface area contributed by atoms with Crippen molar-refractivity contribution in [3.8, 4) is 0 Å². The zero-order valence-corrected chi connectivity index (χ0v) is 19.9. The first-order valence-electron chi connectivity index (χ1n) is 12.6. The van der Waals surface area contributed by atoms with Crippen LogP contribution in [0, 0.1) is 29.6 Å². The van der Waals surface area contributed by atoms with Gasteiger partial charge in [0, 0.05) is 13.3 Å². The van der Waals surface area contributed by atoms with Gasteiger partial charge in [0.25, 0.3) is 5.97 Å². The lowest BCUT2D eigenvalue weighted by atomic mass is 9.65. The number of carbonyl (C=O) groups is 2. The van der Waals surface area contributed by atoms with E-state index >= 15 is 0 Å². The molecule has 3 rings (SSSR count). The minimum absolute atomic E-state index is 0.307.